The number of nitrogens with zero attached hydrogens (tertiary/aromatic N) is 1. The zero-order valence-corrected chi connectivity index (χ0v) is 14.4. The summed E-state index contributed by atoms with van der Waals surface area (Å²) in [6.45, 7) is 0.591. The lowest BCUT2D eigenvalue weighted by Gasteiger charge is -2.23. The molecule has 4 nitrogen and oxygen atoms in total. The zero-order valence-electron chi connectivity index (χ0n) is 14.4. The Morgan fingerprint density at radius 2 is 1.46 bits per heavy atom. The van der Waals surface area contributed by atoms with Gasteiger partial charge in [-0.3, -0.25) is 4.79 Å². The highest BCUT2D eigenvalue weighted by Crippen LogP contribution is 2.26. The molecule has 0 aliphatic carbocycles. The fourth-order valence-corrected chi connectivity index (χ4v) is 2.70. The smallest absolute Gasteiger partial charge is 0.258 e. The second-order valence-electron chi connectivity index (χ2n) is 5.85. The third-order valence-electron chi connectivity index (χ3n) is 3.96. The average molecular weight is 347 g/mol. The highest BCUT2D eigenvalue weighted by Gasteiger charge is 2.20. The van der Waals surface area contributed by atoms with Gasteiger partial charge < -0.3 is 14.7 Å². The van der Waals surface area contributed by atoms with Crippen LogP contribution < -0.4 is 4.74 Å². The van der Waals surface area contributed by atoms with E-state index in [0.29, 0.717) is 23.6 Å². The Hall–Kier alpha value is -3.11. The van der Waals surface area contributed by atoms with Gasteiger partial charge in [-0.25, -0.2) is 0 Å². The standard InChI is InChI=1S/C22H21NO3/c24-16-15-23(17-18-9-3-1-4-10-18)22(25)20-13-7-8-14-21(20)26-19-11-5-2-6-12-19/h1-14,24H,15-17H2. The minimum Gasteiger partial charge on any atom is -0.457 e. The van der Waals surface area contributed by atoms with E-state index in [4.69, 9.17) is 4.74 Å². The molecule has 4 heteroatoms. The summed E-state index contributed by atoms with van der Waals surface area (Å²) in [4.78, 5) is 14.7. The summed E-state index contributed by atoms with van der Waals surface area (Å²) in [6, 6.07) is 26.3. The predicted molar refractivity (Wildman–Crippen MR) is 101 cm³/mol. The lowest BCUT2D eigenvalue weighted by atomic mass is 10.1. The number of rotatable bonds is 7. The van der Waals surface area contributed by atoms with E-state index in [-0.39, 0.29) is 19.1 Å². The molecule has 1 N–H and O–H groups in total. The molecule has 0 unspecified atom stereocenters. The molecular weight excluding hydrogens is 326 g/mol. The highest BCUT2D eigenvalue weighted by atomic mass is 16.5. The van der Waals surface area contributed by atoms with Gasteiger partial charge >= 0.3 is 0 Å². The van der Waals surface area contributed by atoms with Crippen LogP contribution in [0.5, 0.6) is 11.5 Å². The topological polar surface area (TPSA) is 49.8 Å². The monoisotopic (exact) mass is 347 g/mol. The van der Waals surface area contributed by atoms with E-state index in [2.05, 4.69) is 0 Å². The van der Waals surface area contributed by atoms with Gasteiger partial charge in [0.1, 0.15) is 11.5 Å². The molecule has 0 aliphatic rings. The number of benzene rings is 3. The van der Waals surface area contributed by atoms with Crippen molar-refractivity contribution in [3.63, 3.8) is 0 Å². The number of aliphatic hydroxyl groups excluding tert-OH is 1. The number of hydrogen-bond acceptors (Lipinski definition) is 3. The van der Waals surface area contributed by atoms with E-state index >= 15 is 0 Å². The van der Waals surface area contributed by atoms with Crippen molar-refractivity contribution in [2.24, 2.45) is 0 Å². The predicted octanol–water partition coefficient (Wildman–Crippen LogP) is 4.11. The SMILES string of the molecule is O=C(c1ccccc1Oc1ccccc1)N(CCO)Cc1ccccc1. The second kappa shape index (κ2) is 8.83. The number of para-hydroxylation sites is 2. The summed E-state index contributed by atoms with van der Waals surface area (Å²) >= 11 is 0. The molecule has 0 atom stereocenters. The van der Waals surface area contributed by atoms with Gasteiger partial charge in [0.15, 0.2) is 0 Å². The molecular formula is C22H21NO3. The zero-order chi connectivity index (χ0) is 18.2. The molecule has 0 aliphatic heterocycles. The lowest BCUT2D eigenvalue weighted by molar-refractivity contribution is 0.0705. The molecule has 0 fully saturated rings. The molecule has 132 valence electrons. The van der Waals surface area contributed by atoms with Crippen LogP contribution in [0, 0.1) is 0 Å². The summed E-state index contributed by atoms with van der Waals surface area (Å²) in [6.07, 6.45) is 0. The first-order valence-electron chi connectivity index (χ1n) is 8.54. The van der Waals surface area contributed by atoms with Crippen molar-refractivity contribution in [3.8, 4) is 11.5 Å². The molecule has 1 amide bonds. The fraction of sp³-hybridized carbons (Fsp3) is 0.136. The molecule has 26 heavy (non-hydrogen) atoms. The third-order valence-corrected chi connectivity index (χ3v) is 3.96. The van der Waals surface area contributed by atoms with E-state index in [9.17, 15) is 9.90 Å². The van der Waals surface area contributed by atoms with Crippen LogP contribution in [0.3, 0.4) is 0 Å². The summed E-state index contributed by atoms with van der Waals surface area (Å²) < 4.78 is 5.90. The number of ether oxygens (including phenoxy) is 1. The molecule has 0 aromatic heterocycles. The Kier molecular flexibility index (Phi) is 6.01. The first-order valence-corrected chi connectivity index (χ1v) is 8.54. The second-order valence-corrected chi connectivity index (χ2v) is 5.85. The largest absolute Gasteiger partial charge is 0.457 e. The molecule has 3 aromatic rings. The van der Waals surface area contributed by atoms with Crippen LogP contribution in [-0.4, -0.2) is 29.1 Å². The summed E-state index contributed by atoms with van der Waals surface area (Å²) in [5.74, 6) is 0.999. The van der Waals surface area contributed by atoms with E-state index in [1.165, 1.54) is 0 Å². The quantitative estimate of drug-likeness (QED) is 0.700. The Labute approximate surface area is 153 Å². The molecule has 3 aromatic carbocycles. The summed E-state index contributed by atoms with van der Waals surface area (Å²) in [7, 11) is 0. The molecule has 0 spiro atoms. The van der Waals surface area contributed by atoms with Crippen molar-refractivity contribution in [1.82, 2.24) is 4.90 Å². The number of hydrogen-bond donors (Lipinski definition) is 1. The van der Waals surface area contributed by atoms with E-state index < -0.39 is 0 Å². The maximum absolute atomic E-state index is 13.1. The highest BCUT2D eigenvalue weighted by molar-refractivity contribution is 5.97. The van der Waals surface area contributed by atoms with E-state index in [0.717, 1.165) is 5.56 Å². The van der Waals surface area contributed by atoms with Crippen molar-refractivity contribution in [2.45, 2.75) is 6.54 Å². The van der Waals surface area contributed by atoms with Crippen LogP contribution in [0.2, 0.25) is 0 Å². The molecule has 0 saturated heterocycles. The number of amides is 1. The minimum absolute atomic E-state index is 0.0969. The number of carbonyl (C=O) groups excluding carboxylic acids is 1. The lowest BCUT2D eigenvalue weighted by Crippen LogP contribution is -2.33. The van der Waals surface area contributed by atoms with Crippen molar-refractivity contribution >= 4 is 5.91 Å². The first-order chi connectivity index (χ1) is 12.8. The van der Waals surface area contributed by atoms with Gasteiger partial charge in [0.05, 0.1) is 12.2 Å². The van der Waals surface area contributed by atoms with E-state index in [1.54, 1.807) is 17.0 Å². The molecule has 3 rings (SSSR count). The summed E-state index contributed by atoms with van der Waals surface area (Å²) in [5.41, 5.74) is 1.48. The third kappa shape index (κ3) is 4.49. The van der Waals surface area contributed by atoms with Crippen LogP contribution in [0.4, 0.5) is 0 Å². The Morgan fingerprint density at radius 1 is 0.846 bits per heavy atom. The van der Waals surface area contributed by atoms with Crippen molar-refractivity contribution in [1.29, 1.82) is 0 Å². The maximum Gasteiger partial charge on any atom is 0.258 e. The van der Waals surface area contributed by atoms with Gasteiger partial charge in [-0.15, -0.1) is 0 Å². The Balaban J connectivity index is 1.85. The first kappa shape index (κ1) is 17.7. The minimum atomic E-state index is -0.172. The van der Waals surface area contributed by atoms with Crippen LogP contribution in [0.15, 0.2) is 84.9 Å². The molecule has 0 heterocycles. The van der Waals surface area contributed by atoms with Crippen LogP contribution in [0.1, 0.15) is 15.9 Å². The Bertz CT molecular complexity index is 834. The van der Waals surface area contributed by atoms with Crippen LogP contribution >= 0.6 is 0 Å². The molecule has 0 bridgehead atoms. The molecule has 0 saturated carbocycles. The van der Waals surface area contributed by atoms with Crippen LogP contribution in [0.25, 0.3) is 0 Å². The van der Waals surface area contributed by atoms with Gasteiger partial charge in [-0.1, -0.05) is 60.7 Å². The van der Waals surface area contributed by atoms with Gasteiger partial charge in [-0.2, -0.15) is 0 Å². The summed E-state index contributed by atoms with van der Waals surface area (Å²) in [5, 5.41) is 9.39. The van der Waals surface area contributed by atoms with Crippen molar-refractivity contribution in [3.05, 3.63) is 96.1 Å². The van der Waals surface area contributed by atoms with Gasteiger partial charge in [0.25, 0.3) is 5.91 Å². The maximum atomic E-state index is 13.1. The van der Waals surface area contributed by atoms with Gasteiger partial charge in [-0.05, 0) is 29.8 Å². The average Bonchev–Trinajstić information content (AvgIpc) is 2.69. The van der Waals surface area contributed by atoms with Crippen molar-refractivity contribution in [2.75, 3.05) is 13.2 Å². The Morgan fingerprint density at radius 3 is 2.15 bits per heavy atom. The van der Waals surface area contributed by atoms with Gasteiger partial charge in [0, 0.05) is 13.1 Å². The van der Waals surface area contributed by atoms with Crippen molar-refractivity contribution < 1.29 is 14.6 Å². The van der Waals surface area contributed by atoms with Crippen LogP contribution in [-0.2, 0) is 6.54 Å². The van der Waals surface area contributed by atoms with Gasteiger partial charge in [0.2, 0.25) is 0 Å². The fourth-order valence-electron chi connectivity index (χ4n) is 2.70. The number of aliphatic hydroxyl groups is 1. The van der Waals surface area contributed by atoms with E-state index in [1.807, 2.05) is 72.8 Å². The normalized spacial score (nSPS) is 10.3. The molecule has 0 radical (unpaired) electrons. The number of carbonyl (C=O) groups is 1.